The number of hydrogen-bond donors (Lipinski definition) is 3. The number of benzene rings is 1. The highest BCUT2D eigenvalue weighted by Crippen LogP contribution is 2.22. The Morgan fingerprint density at radius 2 is 2.14 bits per heavy atom. The average Bonchev–Trinajstić information content (AvgIpc) is 2.95. The van der Waals surface area contributed by atoms with Crippen LogP contribution in [0.2, 0.25) is 0 Å². The molecule has 0 fully saturated rings. The first-order chi connectivity index (χ1) is 10.2. The summed E-state index contributed by atoms with van der Waals surface area (Å²) in [6.07, 6.45) is 0. The lowest BCUT2D eigenvalue weighted by Crippen LogP contribution is -2.85. The number of methoxy groups -OCH3 is 1. The van der Waals surface area contributed by atoms with Crippen LogP contribution in [0.1, 0.15) is 5.69 Å². The number of carbonyl (C=O) groups is 1. The van der Waals surface area contributed by atoms with E-state index in [-0.39, 0.29) is 5.91 Å². The number of nitrogens with one attached hydrogen (secondary N) is 2. The van der Waals surface area contributed by atoms with Crippen molar-refractivity contribution in [1.82, 2.24) is 10.3 Å². The van der Waals surface area contributed by atoms with Gasteiger partial charge in [0.05, 0.1) is 7.11 Å². The molecule has 1 amide bonds. The summed E-state index contributed by atoms with van der Waals surface area (Å²) in [4.78, 5) is 15.6. The third-order valence-corrected chi connectivity index (χ3v) is 3.66. The first-order valence-corrected chi connectivity index (χ1v) is 7.47. The van der Waals surface area contributed by atoms with E-state index in [4.69, 9.17) is 4.74 Å². The zero-order chi connectivity index (χ0) is 15.1. The molecule has 0 aliphatic rings. The molecule has 2 aromatic rings. The molecule has 0 aliphatic carbocycles. The summed E-state index contributed by atoms with van der Waals surface area (Å²) >= 11 is 1.54. The normalized spacial score (nSPS) is 10.2. The van der Waals surface area contributed by atoms with Crippen LogP contribution in [-0.4, -0.2) is 31.6 Å². The van der Waals surface area contributed by atoms with Gasteiger partial charge in [-0.2, -0.15) is 0 Å². The smallest absolute Gasteiger partial charge is 0.274 e. The zero-order valence-corrected chi connectivity index (χ0v) is 12.9. The van der Waals surface area contributed by atoms with Crippen LogP contribution in [0.25, 0.3) is 0 Å². The number of anilines is 2. The number of ether oxygens (including phenoxy) is 1. The van der Waals surface area contributed by atoms with Crippen LogP contribution in [0.5, 0.6) is 5.75 Å². The minimum absolute atomic E-state index is 0.0156. The minimum Gasteiger partial charge on any atom is -0.497 e. The summed E-state index contributed by atoms with van der Waals surface area (Å²) in [6.45, 7) is 1.10. The van der Waals surface area contributed by atoms with E-state index < -0.39 is 0 Å². The van der Waals surface area contributed by atoms with Crippen molar-refractivity contribution < 1.29 is 14.8 Å². The molecule has 21 heavy (non-hydrogen) atoms. The molecule has 0 atom stereocenters. The van der Waals surface area contributed by atoms with Crippen LogP contribution in [0.15, 0.2) is 29.6 Å². The molecule has 1 aromatic carbocycles. The maximum Gasteiger partial charge on any atom is 0.274 e. The molecule has 7 heteroatoms. The second-order valence-electron chi connectivity index (χ2n) is 4.37. The van der Waals surface area contributed by atoms with Crippen LogP contribution < -0.4 is 20.7 Å². The van der Waals surface area contributed by atoms with Gasteiger partial charge in [-0.15, -0.1) is 11.3 Å². The topological polar surface area (TPSA) is 79.9 Å². The Kier molecular flexibility index (Phi) is 5.53. The van der Waals surface area contributed by atoms with Crippen molar-refractivity contribution in [3.8, 4) is 5.75 Å². The van der Waals surface area contributed by atoms with E-state index in [1.807, 2.05) is 35.0 Å². The number of nitrogens with zero attached hydrogens (tertiary/aromatic N) is 1. The lowest BCUT2D eigenvalue weighted by Gasteiger charge is -2.03. The van der Waals surface area contributed by atoms with Gasteiger partial charge in [0.1, 0.15) is 18.0 Å². The molecule has 0 spiro atoms. The van der Waals surface area contributed by atoms with Crippen molar-refractivity contribution in [3.63, 3.8) is 0 Å². The molecule has 6 nitrogen and oxygen atoms in total. The Bertz CT molecular complexity index is 583. The molecule has 0 unspecified atom stereocenters. The predicted octanol–water partition coefficient (Wildman–Crippen LogP) is 0.705. The van der Waals surface area contributed by atoms with Crippen molar-refractivity contribution in [3.05, 3.63) is 35.3 Å². The van der Waals surface area contributed by atoms with E-state index in [1.54, 1.807) is 25.5 Å². The molecule has 0 saturated heterocycles. The van der Waals surface area contributed by atoms with Crippen molar-refractivity contribution in [1.29, 1.82) is 0 Å². The fraction of sp³-hybridized carbons (Fsp3) is 0.286. The average molecular weight is 307 g/mol. The molecule has 2 rings (SSSR count). The standard InChI is InChI=1S/C14H18N4O2S/c1-15-13(19)8-16-7-11-9-21-14(18-11)17-10-3-5-12(20-2)6-4-10/h3-6,9,16H,7-8H2,1-2H3,(H,15,19)(H,17,18)/p+1. The lowest BCUT2D eigenvalue weighted by atomic mass is 10.3. The monoisotopic (exact) mass is 307 g/mol. The molecule has 0 bridgehead atoms. The fourth-order valence-corrected chi connectivity index (χ4v) is 2.45. The number of nitrogens with two attached hydrogens (primary N) is 1. The Labute approximate surface area is 127 Å². The lowest BCUT2D eigenvalue weighted by molar-refractivity contribution is -0.660. The van der Waals surface area contributed by atoms with E-state index in [0.29, 0.717) is 13.1 Å². The SMILES string of the molecule is CNC(=O)C[NH2+]Cc1csc(Nc2ccc(OC)cc2)n1. The molecule has 0 radical (unpaired) electrons. The Morgan fingerprint density at radius 1 is 1.38 bits per heavy atom. The predicted molar refractivity (Wildman–Crippen MR) is 83.0 cm³/mol. The summed E-state index contributed by atoms with van der Waals surface area (Å²) in [5.41, 5.74) is 1.92. The van der Waals surface area contributed by atoms with Crippen LogP contribution in [0, 0.1) is 0 Å². The highest BCUT2D eigenvalue weighted by molar-refractivity contribution is 7.13. The number of hydrogen-bond acceptors (Lipinski definition) is 5. The number of quaternary nitrogens is 1. The summed E-state index contributed by atoms with van der Waals surface area (Å²) in [5, 5.41) is 10.6. The Balaban J connectivity index is 1.85. The number of rotatable bonds is 7. The minimum atomic E-state index is 0.0156. The summed E-state index contributed by atoms with van der Waals surface area (Å²) in [6, 6.07) is 7.68. The number of likely N-dealkylation sites (N-methyl/N-ethyl adjacent to an activating group) is 1. The summed E-state index contributed by atoms with van der Waals surface area (Å²) in [7, 11) is 3.28. The number of thiazole rings is 1. The van der Waals surface area contributed by atoms with E-state index in [9.17, 15) is 4.79 Å². The van der Waals surface area contributed by atoms with Gasteiger partial charge in [-0.05, 0) is 24.3 Å². The van der Waals surface area contributed by atoms with Gasteiger partial charge in [-0.1, -0.05) is 0 Å². The highest BCUT2D eigenvalue weighted by atomic mass is 32.1. The van der Waals surface area contributed by atoms with Gasteiger partial charge in [0.15, 0.2) is 11.7 Å². The van der Waals surface area contributed by atoms with Crippen molar-refractivity contribution in [2.75, 3.05) is 26.0 Å². The second kappa shape index (κ2) is 7.61. The highest BCUT2D eigenvalue weighted by Gasteiger charge is 2.06. The molecule has 112 valence electrons. The molecular formula is C14H19N4O2S+. The fourth-order valence-electron chi connectivity index (χ4n) is 1.71. The maximum absolute atomic E-state index is 11.1. The second-order valence-corrected chi connectivity index (χ2v) is 5.23. The van der Waals surface area contributed by atoms with Crippen LogP contribution >= 0.6 is 11.3 Å². The van der Waals surface area contributed by atoms with Gasteiger partial charge in [0.25, 0.3) is 5.91 Å². The van der Waals surface area contributed by atoms with E-state index in [2.05, 4.69) is 15.6 Å². The van der Waals surface area contributed by atoms with Gasteiger partial charge >= 0.3 is 0 Å². The van der Waals surface area contributed by atoms with Crippen LogP contribution in [-0.2, 0) is 11.3 Å². The largest absolute Gasteiger partial charge is 0.497 e. The maximum atomic E-state index is 11.1. The zero-order valence-electron chi connectivity index (χ0n) is 12.1. The van der Waals surface area contributed by atoms with Crippen LogP contribution in [0.3, 0.4) is 0 Å². The summed E-state index contributed by atoms with van der Waals surface area (Å²) in [5.74, 6) is 0.839. The molecule has 1 heterocycles. The van der Waals surface area contributed by atoms with Crippen molar-refractivity contribution >= 4 is 28.1 Å². The number of carbonyl (C=O) groups excluding carboxylic acids is 1. The third kappa shape index (κ3) is 4.73. The first kappa shape index (κ1) is 15.3. The number of aromatic nitrogens is 1. The molecule has 1 aromatic heterocycles. The summed E-state index contributed by atoms with van der Waals surface area (Å²) < 4.78 is 5.12. The van der Waals surface area contributed by atoms with E-state index in [1.165, 1.54) is 0 Å². The van der Waals surface area contributed by atoms with E-state index >= 15 is 0 Å². The van der Waals surface area contributed by atoms with E-state index in [0.717, 1.165) is 22.3 Å². The van der Waals surface area contributed by atoms with Gasteiger partial charge in [-0.25, -0.2) is 4.98 Å². The quantitative estimate of drug-likeness (QED) is 0.704. The van der Waals surface area contributed by atoms with Gasteiger partial charge in [-0.3, -0.25) is 4.79 Å². The molecule has 4 N–H and O–H groups in total. The molecule has 0 aliphatic heterocycles. The van der Waals surface area contributed by atoms with Gasteiger partial charge < -0.3 is 20.7 Å². The van der Waals surface area contributed by atoms with Gasteiger partial charge in [0.2, 0.25) is 0 Å². The van der Waals surface area contributed by atoms with Crippen LogP contribution in [0.4, 0.5) is 10.8 Å². The Morgan fingerprint density at radius 3 is 2.81 bits per heavy atom. The first-order valence-electron chi connectivity index (χ1n) is 6.59. The Hall–Kier alpha value is -2.12. The molecule has 0 saturated carbocycles. The number of amides is 1. The van der Waals surface area contributed by atoms with Crippen molar-refractivity contribution in [2.45, 2.75) is 6.54 Å². The third-order valence-electron chi connectivity index (χ3n) is 2.86. The van der Waals surface area contributed by atoms with Crippen molar-refractivity contribution in [2.24, 2.45) is 0 Å². The van der Waals surface area contributed by atoms with Gasteiger partial charge in [0, 0.05) is 18.1 Å². The molecular weight excluding hydrogens is 288 g/mol.